The standard InChI is InChI=1S/C22H25ClFN3O3S/c23-18-3-9-21(10-4-18)31(29,30)27-11-1-2-17(16-27)22(28)26-14-12-25(13-15-26)20-7-5-19(24)6-8-20/h3-10,17H,1-2,11-16H2/t17-/m0/s1. The van der Waals surface area contributed by atoms with Gasteiger partial charge in [0.05, 0.1) is 10.8 Å². The first-order chi connectivity index (χ1) is 14.8. The summed E-state index contributed by atoms with van der Waals surface area (Å²) in [5.74, 6) is -0.601. The molecule has 0 aliphatic carbocycles. The van der Waals surface area contributed by atoms with Gasteiger partial charge in [-0.3, -0.25) is 4.79 Å². The molecule has 0 saturated carbocycles. The summed E-state index contributed by atoms with van der Waals surface area (Å²) in [5.41, 5.74) is 0.936. The van der Waals surface area contributed by atoms with Crippen molar-refractivity contribution >= 4 is 33.2 Å². The van der Waals surface area contributed by atoms with Gasteiger partial charge in [-0.25, -0.2) is 12.8 Å². The lowest BCUT2D eigenvalue weighted by Crippen LogP contribution is -2.53. The molecule has 6 nitrogen and oxygen atoms in total. The molecule has 166 valence electrons. The minimum atomic E-state index is -3.66. The van der Waals surface area contributed by atoms with Gasteiger partial charge in [0.15, 0.2) is 0 Å². The first-order valence-corrected chi connectivity index (χ1v) is 12.2. The predicted molar refractivity (Wildman–Crippen MR) is 118 cm³/mol. The number of piperidine rings is 1. The van der Waals surface area contributed by atoms with Gasteiger partial charge in [-0.15, -0.1) is 0 Å². The van der Waals surface area contributed by atoms with Crippen molar-refractivity contribution in [2.75, 3.05) is 44.2 Å². The molecular weight excluding hydrogens is 441 g/mol. The number of carbonyl (C=O) groups is 1. The van der Waals surface area contributed by atoms with Crippen molar-refractivity contribution in [1.82, 2.24) is 9.21 Å². The van der Waals surface area contributed by atoms with Crippen LogP contribution in [-0.4, -0.2) is 62.8 Å². The van der Waals surface area contributed by atoms with Gasteiger partial charge in [0, 0.05) is 50.0 Å². The summed E-state index contributed by atoms with van der Waals surface area (Å²) in [6.45, 7) is 3.07. The lowest BCUT2D eigenvalue weighted by atomic mass is 9.97. The van der Waals surface area contributed by atoms with Crippen molar-refractivity contribution < 1.29 is 17.6 Å². The van der Waals surface area contributed by atoms with E-state index in [0.29, 0.717) is 50.6 Å². The highest BCUT2D eigenvalue weighted by molar-refractivity contribution is 7.89. The Morgan fingerprint density at radius 1 is 0.935 bits per heavy atom. The lowest BCUT2D eigenvalue weighted by molar-refractivity contribution is -0.137. The third-order valence-electron chi connectivity index (χ3n) is 5.97. The van der Waals surface area contributed by atoms with E-state index in [0.717, 1.165) is 5.69 Å². The molecule has 9 heteroatoms. The van der Waals surface area contributed by atoms with Crippen LogP contribution in [0.15, 0.2) is 53.4 Å². The van der Waals surface area contributed by atoms with Crippen LogP contribution in [0.25, 0.3) is 0 Å². The van der Waals surface area contributed by atoms with E-state index in [4.69, 9.17) is 11.6 Å². The van der Waals surface area contributed by atoms with Crippen molar-refractivity contribution in [3.8, 4) is 0 Å². The first-order valence-electron chi connectivity index (χ1n) is 10.4. The smallest absolute Gasteiger partial charge is 0.243 e. The number of sulfonamides is 1. The van der Waals surface area contributed by atoms with E-state index in [1.807, 2.05) is 4.90 Å². The van der Waals surface area contributed by atoms with E-state index < -0.39 is 10.0 Å². The molecule has 4 rings (SSSR count). The van der Waals surface area contributed by atoms with Crippen LogP contribution >= 0.6 is 11.6 Å². The molecule has 2 saturated heterocycles. The number of benzene rings is 2. The summed E-state index contributed by atoms with van der Waals surface area (Å²) in [6.07, 6.45) is 1.34. The monoisotopic (exact) mass is 465 g/mol. The highest BCUT2D eigenvalue weighted by atomic mass is 35.5. The molecule has 1 atom stereocenters. The molecule has 2 aromatic rings. The Morgan fingerprint density at radius 2 is 1.58 bits per heavy atom. The van der Waals surface area contributed by atoms with Gasteiger partial charge < -0.3 is 9.80 Å². The minimum Gasteiger partial charge on any atom is -0.368 e. The zero-order chi connectivity index (χ0) is 22.0. The van der Waals surface area contributed by atoms with E-state index >= 15 is 0 Å². The number of halogens is 2. The van der Waals surface area contributed by atoms with Crippen molar-refractivity contribution in [3.05, 3.63) is 59.4 Å². The molecule has 0 unspecified atom stereocenters. The molecule has 2 aliphatic heterocycles. The number of anilines is 1. The van der Waals surface area contributed by atoms with Crippen molar-refractivity contribution in [2.24, 2.45) is 5.92 Å². The van der Waals surface area contributed by atoms with Gasteiger partial charge in [0.25, 0.3) is 0 Å². The van der Waals surface area contributed by atoms with E-state index in [-0.39, 0.29) is 29.1 Å². The fourth-order valence-electron chi connectivity index (χ4n) is 4.21. The zero-order valence-electron chi connectivity index (χ0n) is 17.1. The normalized spacial score (nSPS) is 20.6. The largest absolute Gasteiger partial charge is 0.368 e. The Hall–Kier alpha value is -2.16. The summed E-state index contributed by atoms with van der Waals surface area (Å²) in [4.78, 5) is 17.3. The second-order valence-corrected chi connectivity index (χ2v) is 10.3. The number of carbonyl (C=O) groups excluding carboxylic acids is 1. The van der Waals surface area contributed by atoms with Crippen LogP contribution in [0.3, 0.4) is 0 Å². The van der Waals surface area contributed by atoms with Crippen LogP contribution in [0.4, 0.5) is 10.1 Å². The van der Waals surface area contributed by atoms with Crippen LogP contribution in [0, 0.1) is 11.7 Å². The fraction of sp³-hybridized carbons (Fsp3) is 0.409. The average molecular weight is 466 g/mol. The van der Waals surface area contributed by atoms with E-state index in [1.165, 1.54) is 28.6 Å². The number of piperazine rings is 1. The maximum atomic E-state index is 13.1. The lowest BCUT2D eigenvalue weighted by Gasteiger charge is -2.39. The number of rotatable bonds is 4. The summed E-state index contributed by atoms with van der Waals surface area (Å²) in [5, 5.41) is 0.477. The Balaban J connectivity index is 1.38. The third-order valence-corrected chi connectivity index (χ3v) is 8.10. The van der Waals surface area contributed by atoms with Crippen LogP contribution < -0.4 is 4.90 Å². The second kappa shape index (κ2) is 9.14. The van der Waals surface area contributed by atoms with Gasteiger partial charge >= 0.3 is 0 Å². The molecule has 2 fully saturated rings. The van der Waals surface area contributed by atoms with Crippen LogP contribution in [0.5, 0.6) is 0 Å². The topological polar surface area (TPSA) is 60.9 Å². The van der Waals surface area contributed by atoms with Crippen LogP contribution in [-0.2, 0) is 14.8 Å². The van der Waals surface area contributed by atoms with Crippen molar-refractivity contribution in [2.45, 2.75) is 17.7 Å². The average Bonchev–Trinajstić information content (AvgIpc) is 2.80. The molecule has 0 radical (unpaired) electrons. The van der Waals surface area contributed by atoms with Gasteiger partial charge in [-0.05, 0) is 61.4 Å². The number of nitrogens with zero attached hydrogens (tertiary/aromatic N) is 3. The Morgan fingerprint density at radius 3 is 2.23 bits per heavy atom. The summed E-state index contributed by atoms with van der Waals surface area (Å²) < 4.78 is 40.5. The molecule has 0 bridgehead atoms. The van der Waals surface area contributed by atoms with E-state index in [2.05, 4.69) is 4.90 Å². The Labute approximate surface area is 187 Å². The molecule has 0 N–H and O–H groups in total. The summed E-state index contributed by atoms with van der Waals surface area (Å²) in [6, 6.07) is 12.5. The Kier molecular flexibility index (Phi) is 6.50. The highest BCUT2D eigenvalue weighted by Gasteiger charge is 2.35. The molecular formula is C22H25ClFN3O3S. The Bertz CT molecular complexity index is 1020. The fourth-order valence-corrected chi connectivity index (χ4v) is 5.86. The third kappa shape index (κ3) is 4.86. The molecule has 2 aromatic carbocycles. The summed E-state index contributed by atoms with van der Waals surface area (Å²) in [7, 11) is -3.66. The number of hydrogen-bond acceptors (Lipinski definition) is 4. The molecule has 1 amide bonds. The van der Waals surface area contributed by atoms with Crippen molar-refractivity contribution in [3.63, 3.8) is 0 Å². The molecule has 0 aromatic heterocycles. The molecule has 0 spiro atoms. The predicted octanol–water partition coefficient (Wildman–Crippen LogP) is 3.23. The van der Waals surface area contributed by atoms with Gasteiger partial charge in [0.2, 0.25) is 15.9 Å². The van der Waals surface area contributed by atoms with Crippen LogP contribution in [0.1, 0.15) is 12.8 Å². The second-order valence-electron chi connectivity index (χ2n) is 7.94. The quantitative estimate of drug-likeness (QED) is 0.695. The molecule has 31 heavy (non-hydrogen) atoms. The molecule has 2 aliphatic rings. The SMILES string of the molecule is O=C([C@H]1CCCN(S(=O)(=O)c2ccc(Cl)cc2)C1)N1CCN(c2ccc(F)cc2)CC1. The summed E-state index contributed by atoms with van der Waals surface area (Å²) >= 11 is 5.88. The first kappa shape index (κ1) is 22.0. The maximum absolute atomic E-state index is 13.1. The highest BCUT2D eigenvalue weighted by Crippen LogP contribution is 2.26. The van der Waals surface area contributed by atoms with Gasteiger partial charge in [0.1, 0.15) is 5.82 Å². The maximum Gasteiger partial charge on any atom is 0.243 e. The van der Waals surface area contributed by atoms with Crippen molar-refractivity contribution in [1.29, 1.82) is 0 Å². The number of amides is 1. The van der Waals surface area contributed by atoms with Gasteiger partial charge in [-0.1, -0.05) is 11.6 Å². The van der Waals surface area contributed by atoms with E-state index in [9.17, 15) is 17.6 Å². The number of hydrogen-bond donors (Lipinski definition) is 0. The van der Waals surface area contributed by atoms with E-state index in [1.54, 1.807) is 24.3 Å². The zero-order valence-corrected chi connectivity index (χ0v) is 18.7. The minimum absolute atomic E-state index is 0.00904. The van der Waals surface area contributed by atoms with Crippen LogP contribution in [0.2, 0.25) is 5.02 Å². The van der Waals surface area contributed by atoms with Gasteiger partial charge in [-0.2, -0.15) is 4.31 Å². The molecule has 2 heterocycles.